The monoisotopic (exact) mass is 339 g/mol. The van der Waals surface area contributed by atoms with E-state index >= 15 is 0 Å². The molecule has 0 saturated heterocycles. The van der Waals surface area contributed by atoms with E-state index in [1.54, 1.807) is 48.5 Å². The number of rotatable bonds is 6. The summed E-state index contributed by atoms with van der Waals surface area (Å²) in [6, 6.07) is 15.3. The Hall–Kier alpha value is -2.58. The molecule has 0 unspecified atom stereocenters. The van der Waals surface area contributed by atoms with E-state index in [9.17, 15) is 9.59 Å². The molecule has 122 valence electrons. The van der Waals surface area contributed by atoms with Crippen molar-refractivity contribution in [1.29, 1.82) is 5.26 Å². The largest absolute Gasteiger partial charge is 0.462 e. The number of hydrogen-bond acceptors (Lipinski definition) is 5. The fourth-order valence-electron chi connectivity index (χ4n) is 1.90. The molecule has 0 spiro atoms. The molecule has 4 nitrogen and oxygen atoms in total. The van der Waals surface area contributed by atoms with Crippen LogP contribution in [-0.2, 0) is 4.74 Å². The van der Waals surface area contributed by atoms with E-state index in [4.69, 9.17) is 10.00 Å². The maximum atomic E-state index is 12.2. The molecule has 2 aromatic rings. The van der Waals surface area contributed by atoms with Crippen molar-refractivity contribution in [3.63, 3.8) is 0 Å². The van der Waals surface area contributed by atoms with Crippen molar-refractivity contribution in [1.82, 2.24) is 0 Å². The average molecular weight is 339 g/mol. The Kier molecular flexibility index (Phi) is 6.59. The van der Waals surface area contributed by atoms with Crippen molar-refractivity contribution >= 4 is 22.8 Å². The minimum Gasteiger partial charge on any atom is -0.462 e. The van der Waals surface area contributed by atoms with Gasteiger partial charge in [-0.1, -0.05) is 13.3 Å². The van der Waals surface area contributed by atoms with E-state index in [0.29, 0.717) is 23.3 Å². The third kappa shape index (κ3) is 4.97. The summed E-state index contributed by atoms with van der Waals surface area (Å²) >= 11 is 1.08. The summed E-state index contributed by atoms with van der Waals surface area (Å²) in [6.45, 7) is 2.43. The number of esters is 1. The predicted octanol–water partition coefficient (Wildman–Crippen LogP) is 4.45. The molecular formula is C19H17NO3S. The summed E-state index contributed by atoms with van der Waals surface area (Å²) in [4.78, 5) is 24.8. The average Bonchev–Trinajstić information content (AvgIpc) is 2.62. The van der Waals surface area contributed by atoms with E-state index in [2.05, 4.69) is 0 Å². The summed E-state index contributed by atoms with van der Waals surface area (Å²) in [6.07, 6.45) is 1.80. The van der Waals surface area contributed by atoms with Crippen LogP contribution in [0.2, 0.25) is 0 Å². The van der Waals surface area contributed by atoms with Gasteiger partial charge in [-0.05, 0) is 66.7 Å². The SMILES string of the molecule is CCCCOC(=O)c1ccc(C(=O)Sc2ccc(C#N)cc2)cc1. The molecule has 2 rings (SSSR count). The Morgan fingerprint density at radius 2 is 1.67 bits per heavy atom. The van der Waals surface area contributed by atoms with Crippen LogP contribution in [0.4, 0.5) is 0 Å². The molecule has 0 aliphatic rings. The number of hydrogen-bond donors (Lipinski definition) is 0. The molecule has 0 atom stereocenters. The first-order valence-electron chi connectivity index (χ1n) is 7.63. The van der Waals surface area contributed by atoms with Gasteiger partial charge in [0.15, 0.2) is 0 Å². The Morgan fingerprint density at radius 1 is 1.04 bits per heavy atom. The number of thioether (sulfide) groups is 1. The molecule has 0 bridgehead atoms. The number of carbonyl (C=O) groups is 2. The van der Waals surface area contributed by atoms with E-state index in [-0.39, 0.29) is 11.1 Å². The van der Waals surface area contributed by atoms with E-state index in [0.717, 1.165) is 29.5 Å². The zero-order valence-corrected chi connectivity index (χ0v) is 14.1. The Bertz CT molecular complexity index is 746. The molecular weight excluding hydrogens is 322 g/mol. The standard InChI is InChI=1S/C19H17NO3S/c1-2-3-12-23-18(21)15-6-8-16(9-7-15)19(22)24-17-10-4-14(13-20)5-11-17/h4-11H,2-3,12H2,1H3. The Labute approximate surface area is 145 Å². The van der Waals surface area contributed by atoms with Gasteiger partial charge in [0, 0.05) is 10.5 Å². The van der Waals surface area contributed by atoms with Gasteiger partial charge in [-0.25, -0.2) is 4.79 Å². The summed E-state index contributed by atoms with van der Waals surface area (Å²) in [5.41, 5.74) is 1.50. The second kappa shape index (κ2) is 8.90. The van der Waals surface area contributed by atoms with E-state index < -0.39 is 0 Å². The third-order valence-corrected chi connectivity index (χ3v) is 4.21. The van der Waals surface area contributed by atoms with Gasteiger partial charge in [-0.2, -0.15) is 5.26 Å². The molecule has 24 heavy (non-hydrogen) atoms. The highest BCUT2D eigenvalue weighted by Crippen LogP contribution is 2.23. The molecule has 0 N–H and O–H groups in total. The number of ether oxygens (including phenoxy) is 1. The van der Waals surface area contributed by atoms with Crippen LogP contribution in [0, 0.1) is 11.3 Å². The zero-order valence-electron chi connectivity index (χ0n) is 13.3. The summed E-state index contributed by atoms with van der Waals surface area (Å²) in [7, 11) is 0. The fourth-order valence-corrected chi connectivity index (χ4v) is 2.64. The lowest BCUT2D eigenvalue weighted by atomic mass is 10.1. The van der Waals surface area contributed by atoms with Gasteiger partial charge in [0.2, 0.25) is 5.12 Å². The lowest BCUT2D eigenvalue weighted by Crippen LogP contribution is -2.06. The lowest BCUT2D eigenvalue weighted by Gasteiger charge is -2.05. The topological polar surface area (TPSA) is 67.2 Å². The predicted molar refractivity (Wildman–Crippen MR) is 93.0 cm³/mol. The molecule has 2 aromatic carbocycles. The maximum Gasteiger partial charge on any atom is 0.338 e. The maximum absolute atomic E-state index is 12.2. The van der Waals surface area contributed by atoms with Gasteiger partial charge in [0.1, 0.15) is 0 Å². The second-order valence-electron chi connectivity index (χ2n) is 5.09. The first-order chi connectivity index (χ1) is 11.6. The summed E-state index contributed by atoms with van der Waals surface area (Å²) in [5.74, 6) is -0.373. The smallest absolute Gasteiger partial charge is 0.338 e. The van der Waals surface area contributed by atoms with Crippen LogP contribution in [0.25, 0.3) is 0 Å². The highest BCUT2D eigenvalue weighted by Gasteiger charge is 2.11. The van der Waals surface area contributed by atoms with Crippen molar-refractivity contribution < 1.29 is 14.3 Å². The molecule has 0 aliphatic heterocycles. The van der Waals surface area contributed by atoms with Crippen LogP contribution in [0.3, 0.4) is 0 Å². The van der Waals surface area contributed by atoms with Crippen LogP contribution in [0.15, 0.2) is 53.4 Å². The van der Waals surface area contributed by atoms with Crippen molar-refractivity contribution in [3.05, 3.63) is 65.2 Å². The number of benzene rings is 2. The molecule has 0 radical (unpaired) electrons. The van der Waals surface area contributed by atoms with Gasteiger partial charge in [-0.15, -0.1) is 0 Å². The summed E-state index contributed by atoms with van der Waals surface area (Å²) < 4.78 is 5.13. The highest BCUT2D eigenvalue weighted by atomic mass is 32.2. The number of nitrogens with zero attached hydrogens (tertiary/aromatic N) is 1. The Morgan fingerprint density at radius 3 is 2.25 bits per heavy atom. The van der Waals surface area contributed by atoms with Crippen LogP contribution >= 0.6 is 11.8 Å². The van der Waals surface area contributed by atoms with Crippen molar-refractivity contribution in [2.75, 3.05) is 6.61 Å². The molecule has 0 amide bonds. The van der Waals surface area contributed by atoms with Crippen molar-refractivity contribution in [3.8, 4) is 6.07 Å². The lowest BCUT2D eigenvalue weighted by molar-refractivity contribution is 0.0499. The normalized spacial score (nSPS) is 10.0. The molecule has 0 fully saturated rings. The van der Waals surface area contributed by atoms with Crippen molar-refractivity contribution in [2.45, 2.75) is 24.7 Å². The zero-order chi connectivity index (χ0) is 17.4. The van der Waals surface area contributed by atoms with Crippen LogP contribution in [-0.4, -0.2) is 17.7 Å². The van der Waals surface area contributed by atoms with Crippen LogP contribution < -0.4 is 0 Å². The van der Waals surface area contributed by atoms with Crippen LogP contribution in [0.1, 0.15) is 46.0 Å². The van der Waals surface area contributed by atoms with E-state index in [1.807, 2.05) is 13.0 Å². The highest BCUT2D eigenvalue weighted by molar-refractivity contribution is 8.14. The molecule has 0 aliphatic carbocycles. The molecule has 0 aromatic heterocycles. The molecule has 5 heteroatoms. The van der Waals surface area contributed by atoms with Crippen LogP contribution in [0.5, 0.6) is 0 Å². The number of unbranched alkanes of at least 4 members (excludes halogenated alkanes) is 1. The molecule has 0 heterocycles. The number of carbonyl (C=O) groups excluding carboxylic acids is 2. The van der Waals surface area contributed by atoms with Gasteiger partial charge in [0.25, 0.3) is 0 Å². The van der Waals surface area contributed by atoms with Gasteiger partial charge in [-0.3, -0.25) is 4.79 Å². The first kappa shape index (κ1) is 17.8. The Balaban J connectivity index is 1.97. The third-order valence-electron chi connectivity index (χ3n) is 3.28. The van der Waals surface area contributed by atoms with Gasteiger partial charge < -0.3 is 4.74 Å². The van der Waals surface area contributed by atoms with Gasteiger partial charge >= 0.3 is 5.97 Å². The number of nitriles is 1. The minimum absolute atomic E-state index is 0.120. The van der Waals surface area contributed by atoms with E-state index in [1.165, 1.54) is 0 Å². The quantitative estimate of drug-likeness (QED) is 0.442. The van der Waals surface area contributed by atoms with Crippen molar-refractivity contribution in [2.24, 2.45) is 0 Å². The first-order valence-corrected chi connectivity index (χ1v) is 8.45. The molecule has 0 saturated carbocycles. The summed E-state index contributed by atoms with van der Waals surface area (Å²) in [5, 5.41) is 8.65. The van der Waals surface area contributed by atoms with Gasteiger partial charge in [0.05, 0.1) is 23.8 Å². The minimum atomic E-state index is -0.373. The second-order valence-corrected chi connectivity index (χ2v) is 6.14. The fraction of sp³-hybridized carbons (Fsp3) is 0.211.